The van der Waals surface area contributed by atoms with Gasteiger partial charge in [-0.2, -0.15) is 0 Å². The van der Waals surface area contributed by atoms with Crippen LogP contribution < -0.4 is 5.32 Å². The van der Waals surface area contributed by atoms with E-state index in [1.807, 2.05) is 4.90 Å². The van der Waals surface area contributed by atoms with E-state index in [2.05, 4.69) is 16.9 Å². The molecule has 0 aliphatic carbocycles. The Balaban J connectivity index is 2.10. The Morgan fingerprint density at radius 1 is 1.33 bits per heavy atom. The van der Waals surface area contributed by atoms with Crippen LogP contribution in [-0.4, -0.2) is 75.9 Å². The molecule has 0 amide bonds. The molecule has 0 bridgehead atoms. The second kappa shape index (κ2) is 7.03. The molecule has 2 rings (SSSR count). The van der Waals surface area contributed by atoms with Gasteiger partial charge in [0.25, 0.3) is 0 Å². The summed E-state index contributed by atoms with van der Waals surface area (Å²) in [6.07, 6.45) is 2.35. The van der Waals surface area contributed by atoms with Gasteiger partial charge in [0.15, 0.2) is 25.6 Å². The van der Waals surface area contributed by atoms with Crippen LogP contribution in [0.15, 0.2) is 17.6 Å². The fraction of sp³-hybridized carbons (Fsp3) is 0.800. The fourth-order valence-electron chi connectivity index (χ4n) is 2.99. The molecule has 2 heterocycles. The Hall–Kier alpha value is -1.09. The summed E-state index contributed by atoms with van der Waals surface area (Å²) in [4.78, 5) is 6.51. The van der Waals surface area contributed by atoms with Crippen molar-refractivity contribution in [3.8, 4) is 0 Å². The van der Waals surface area contributed by atoms with Crippen molar-refractivity contribution in [1.29, 1.82) is 0 Å². The van der Waals surface area contributed by atoms with Crippen molar-refractivity contribution in [2.75, 3.05) is 43.4 Å². The molecule has 7 nitrogen and oxygen atoms in total. The smallest absolute Gasteiger partial charge is 0.194 e. The zero-order chi connectivity index (χ0) is 18.0. The van der Waals surface area contributed by atoms with Crippen molar-refractivity contribution < 1.29 is 16.8 Å². The van der Waals surface area contributed by atoms with E-state index in [0.717, 1.165) is 0 Å². The number of aliphatic imine (C=N–C) groups is 1. The maximum Gasteiger partial charge on any atom is 0.194 e. The summed E-state index contributed by atoms with van der Waals surface area (Å²) in [6.45, 7) is 8.83. The van der Waals surface area contributed by atoms with Crippen molar-refractivity contribution in [1.82, 2.24) is 10.2 Å². The Bertz CT molecular complexity index is 711. The molecule has 0 spiro atoms. The summed E-state index contributed by atoms with van der Waals surface area (Å²) < 4.78 is 46.6. The molecule has 0 radical (unpaired) electrons. The lowest BCUT2D eigenvalue weighted by Crippen LogP contribution is -2.57. The molecule has 0 saturated carbocycles. The first-order chi connectivity index (χ1) is 11.1. The van der Waals surface area contributed by atoms with Gasteiger partial charge >= 0.3 is 0 Å². The highest BCUT2D eigenvalue weighted by Crippen LogP contribution is 2.24. The standard InChI is InChI=1S/C15H27N3O4S2/c1-4-6-16-14(17-10-13-5-8-23(19,20)11-13)18-7-9-24(21,22)15(2,3)12-18/h4,13H,1,5-12H2,2-3H3,(H,16,17). The van der Waals surface area contributed by atoms with E-state index in [-0.39, 0.29) is 23.2 Å². The first-order valence-electron chi connectivity index (χ1n) is 8.13. The molecule has 2 fully saturated rings. The lowest BCUT2D eigenvalue weighted by molar-refractivity contribution is 0.353. The number of nitrogens with one attached hydrogen (secondary N) is 1. The highest BCUT2D eigenvalue weighted by molar-refractivity contribution is 7.92. The molecule has 0 aromatic heterocycles. The zero-order valence-corrected chi connectivity index (χ0v) is 16.0. The van der Waals surface area contributed by atoms with Crippen LogP contribution in [0.25, 0.3) is 0 Å². The van der Waals surface area contributed by atoms with Crippen LogP contribution in [0.3, 0.4) is 0 Å². The number of hydrogen-bond donors (Lipinski definition) is 1. The minimum atomic E-state index is -3.12. The minimum Gasteiger partial charge on any atom is -0.353 e. The van der Waals surface area contributed by atoms with Gasteiger partial charge < -0.3 is 10.2 Å². The van der Waals surface area contributed by atoms with Crippen LogP contribution in [0.1, 0.15) is 20.3 Å². The molecule has 2 aliphatic heterocycles. The normalized spacial score (nSPS) is 28.5. The van der Waals surface area contributed by atoms with Crippen molar-refractivity contribution in [3.05, 3.63) is 12.7 Å². The van der Waals surface area contributed by atoms with Gasteiger partial charge in [0.05, 0.1) is 22.0 Å². The lowest BCUT2D eigenvalue weighted by Gasteiger charge is -2.39. The van der Waals surface area contributed by atoms with Gasteiger partial charge in [0.1, 0.15) is 0 Å². The highest BCUT2D eigenvalue weighted by Gasteiger charge is 2.41. The minimum absolute atomic E-state index is 0.0389. The largest absolute Gasteiger partial charge is 0.353 e. The first-order valence-corrected chi connectivity index (χ1v) is 11.6. The highest BCUT2D eigenvalue weighted by atomic mass is 32.2. The molecule has 0 aromatic carbocycles. The third kappa shape index (κ3) is 4.50. The molecule has 2 saturated heterocycles. The van der Waals surface area contributed by atoms with E-state index >= 15 is 0 Å². The molecule has 24 heavy (non-hydrogen) atoms. The molecular weight excluding hydrogens is 350 g/mol. The topological polar surface area (TPSA) is 95.9 Å². The van der Waals surface area contributed by atoms with E-state index in [1.54, 1.807) is 19.9 Å². The maximum atomic E-state index is 12.2. The van der Waals surface area contributed by atoms with Gasteiger partial charge in [-0.15, -0.1) is 6.58 Å². The summed E-state index contributed by atoms with van der Waals surface area (Å²) in [5.74, 6) is 1.18. The Labute approximate surface area is 145 Å². The van der Waals surface area contributed by atoms with Gasteiger partial charge in [-0.1, -0.05) is 6.08 Å². The molecule has 138 valence electrons. The molecule has 1 unspecified atom stereocenters. The lowest BCUT2D eigenvalue weighted by atomic mass is 10.1. The van der Waals surface area contributed by atoms with E-state index in [1.165, 1.54) is 0 Å². The second-order valence-electron chi connectivity index (χ2n) is 7.10. The van der Waals surface area contributed by atoms with Crippen molar-refractivity contribution in [2.45, 2.75) is 25.0 Å². The SMILES string of the molecule is C=CCNC(=NCC1CCS(=O)(=O)C1)N1CCS(=O)(=O)C(C)(C)C1. The molecule has 1 atom stereocenters. The number of sulfone groups is 2. The molecular formula is C15H27N3O4S2. The maximum absolute atomic E-state index is 12.2. The quantitative estimate of drug-likeness (QED) is 0.423. The van der Waals surface area contributed by atoms with Crippen LogP contribution in [0.2, 0.25) is 0 Å². The van der Waals surface area contributed by atoms with E-state index < -0.39 is 24.4 Å². The van der Waals surface area contributed by atoms with E-state index in [0.29, 0.717) is 38.6 Å². The summed E-state index contributed by atoms with van der Waals surface area (Å²) in [6, 6.07) is 0. The van der Waals surface area contributed by atoms with Gasteiger partial charge in [-0.25, -0.2) is 16.8 Å². The first kappa shape index (κ1) is 19.2. The van der Waals surface area contributed by atoms with Crippen LogP contribution in [-0.2, 0) is 19.7 Å². The van der Waals surface area contributed by atoms with Crippen LogP contribution >= 0.6 is 0 Å². The molecule has 9 heteroatoms. The summed E-state index contributed by atoms with van der Waals surface area (Å²) in [5, 5.41) is 3.16. The third-order valence-electron chi connectivity index (χ3n) is 4.57. The predicted molar refractivity (Wildman–Crippen MR) is 96.7 cm³/mol. The van der Waals surface area contributed by atoms with Gasteiger partial charge in [-0.05, 0) is 26.2 Å². The van der Waals surface area contributed by atoms with Gasteiger partial charge in [-0.3, -0.25) is 4.99 Å². The van der Waals surface area contributed by atoms with Crippen LogP contribution in [0, 0.1) is 5.92 Å². The van der Waals surface area contributed by atoms with E-state index in [4.69, 9.17) is 0 Å². The Morgan fingerprint density at radius 2 is 2.04 bits per heavy atom. The van der Waals surface area contributed by atoms with Crippen LogP contribution in [0.5, 0.6) is 0 Å². The second-order valence-corrected chi connectivity index (χ2v) is 12.1. The zero-order valence-electron chi connectivity index (χ0n) is 14.4. The fourth-order valence-corrected chi connectivity index (χ4v) is 6.20. The van der Waals surface area contributed by atoms with Crippen molar-refractivity contribution >= 4 is 25.6 Å². The van der Waals surface area contributed by atoms with Gasteiger partial charge in [0, 0.05) is 26.2 Å². The predicted octanol–water partition coefficient (Wildman–Crippen LogP) is 0.0617. The van der Waals surface area contributed by atoms with Crippen molar-refractivity contribution in [3.63, 3.8) is 0 Å². The summed E-state index contributed by atoms with van der Waals surface area (Å²) in [5.41, 5.74) is 0. The monoisotopic (exact) mass is 377 g/mol. The van der Waals surface area contributed by atoms with E-state index in [9.17, 15) is 16.8 Å². The molecule has 2 aliphatic rings. The number of rotatable bonds is 4. The number of nitrogens with zero attached hydrogens (tertiary/aromatic N) is 2. The summed E-state index contributed by atoms with van der Waals surface area (Å²) in [7, 11) is -6.04. The Morgan fingerprint density at radius 3 is 2.58 bits per heavy atom. The molecule has 0 aromatic rings. The van der Waals surface area contributed by atoms with Gasteiger partial charge in [0.2, 0.25) is 0 Å². The third-order valence-corrected chi connectivity index (χ3v) is 8.94. The molecule has 1 N–H and O–H groups in total. The number of hydrogen-bond acceptors (Lipinski definition) is 5. The Kier molecular flexibility index (Phi) is 5.64. The summed E-state index contributed by atoms with van der Waals surface area (Å²) >= 11 is 0. The van der Waals surface area contributed by atoms with Crippen LogP contribution in [0.4, 0.5) is 0 Å². The number of guanidine groups is 1. The average Bonchev–Trinajstić information content (AvgIpc) is 2.82. The van der Waals surface area contributed by atoms with Crippen molar-refractivity contribution in [2.24, 2.45) is 10.9 Å². The average molecular weight is 378 g/mol.